The van der Waals surface area contributed by atoms with E-state index >= 15 is 0 Å². The Morgan fingerprint density at radius 1 is 1.39 bits per heavy atom. The number of aliphatic carboxylic acids is 1. The molecule has 2 heterocycles. The van der Waals surface area contributed by atoms with Crippen molar-refractivity contribution < 1.29 is 27.8 Å². The van der Waals surface area contributed by atoms with Crippen molar-refractivity contribution in [1.82, 2.24) is 4.98 Å². The van der Waals surface area contributed by atoms with Gasteiger partial charge in [0.1, 0.15) is 5.69 Å². The zero-order valence-electron chi connectivity index (χ0n) is 8.99. The molecule has 0 bridgehead atoms. The van der Waals surface area contributed by atoms with Gasteiger partial charge in [0, 0.05) is 11.6 Å². The number of carbonyl (C=O) groups is 1. The highest BCUT2D eigenvalue weighted by molar-refractivity contribution is 5.90. The van der Waals surface area contributed by atoms with E-state index in [1.807, 2.05) is 0 Å². The molecule has 18 heavy (non-hydrogen) atoms. The average Bonchev–Trinajstić information content (AvgIpc) is 2.27. The lowest BCUT2D eigenvalue weighted by Crippen LogP contribution is -2.16. The van der Waals surface area contributed by atoms with Crippen LogP contribution in [-0.4, -0.2) is 22.7 Å². The fraction of sp³-hybridized carbons (Fsp3) is 0.273. The van der Waals surface area contributed by atoms with E-state index in [1.165, 1.54) is 6.07 Å². The van der Waals surface area contributed by atoms with Gasteiger partial charge in [0.25, 0.3) is 0 Å². The molecule has 1 aliphatic heterocycles. The summed E-state index contributed by atoms with van der Waals surface area (Å²) in [6.45, 7) is -0.0114. The molecule has 0 radical (unpaired) electrons. The minimum atomic E-state index is -4.52. The van der Waals surface area contributed by atoms with Crippen molar-refractivity contribution in [1.29, 1.82) is 0 Å². The lowest BCUT2D eigenvalue weighted by Gasteiger charge is -2.19. The maximum atomic E-state index is 12.5. The Morgan fingerprint density at radius 3 is 2.72 bits per heavy atom. The Morgan fingerprint density at radius 2 is 2.11 bits per heavy atom. The Kier molecular flexibility index (Phi) is 3.08. The highest BCUT2D eigenvalue weighted by Gasteiger charge is 2.33. The number of ether oxygens (including phenoxy) is 1. The van der Waals surface area contributed by atoms with Crippen molar-refractivity contribution in [2.45, 2.75) is 12.8 Å². The molecule has 1 aromatic rings. The maximum Gasteiger partial charge on any atom is 0.433 e. The van der Waals surface area contributed by atoms with Gasteiger partial charge in [-0.1, -0.05) is 6.07 Å². The van der Waals surface area contributed by atoms with Gasteiger partial charge in [-0.05, 0) is 11.6 Å². The standard InChI is InChI=1S/C11H8F3NO3/c12-11(13,14)9-2-1-7-6(3-10(16)17)4-18-5-8(7)15-9/h1-3H,4-5H2,(H,16,17). The highest BCUT2D eigenvalue weighted by atomic mass is 19.4. The summed E-state index contributed by atoms with van der Waals surface area (Å²) in [6, 6.07) is 2.06. The summed E-state index contributed by atoms with van der Waals surface area (Å²) in [7, 11) is 0. The Balaban J connectivity index is 2.46. The summed E-state index contributed by atoms with van der Waals surface area (Å²) in [6.07, 6.45) is -3.61. The fourth-order valence-electron chi connectivity index (χ4n) is 1.67. The third kappa shape index (κ3) is 2.51. The third-order valence-electron chi connectivity index (χ3n) is 2.40. The van der Waals surface area contributed by atoms with Crippen molar-refractivity contribution in [3.05, 3.63) is 35.2 Å². The molecule has 2 rings (SSSR count). The molecule has 0 spiro atoms. The van der Waals surface area contributed by atoms with Crippen LogP contribution in [0.2, 0.25) is 0 Å². The van der Waals surface area contributed by atoms with Crippen LogP contribution in [0.5, 0.6) is 0 Å². The molecule has 1 aromatic heterocycles. The Bertz CT molecular complexity index is 523. The molecule has 0 atom stereocenters. The first kappa shape index (κ1) is 12.6. The van der Waals surface area contributed by atoms with Crippen LogP contribution in [0.15, 0.2) is 18.2 Å². The number of hydrogen-bond acceptors (Lipinski definition) is 3. The molecule has 0 fully saturated rings. The quantitative estimate of drug-likeness (QED) is 0.784. The predicted molar refractivity (Wildman–Crippen MR) is 54.5 cm³/mol. The van der Waals surface area contributed by atoms with Gasteiger partial charge in [0.05, 0.1) is 18.9 Å². The summed E-state index contributed by atoms with van der Waals surface area (Å²) in [5.41, 5.74) is -0.216. The molecular weight excluding hydrogens is 251 g/mol. The summed E-state index contributed by atoms with van der Waals surface area (Å²) in [4.78, 5) is 14.0. The second-order valence-corrected chi connectivity index (χ2v) is 3.69. The zero-order chi connectivity index (χ0) is 13.3. The number of pyridine rings is 1. The smallest absolute Gasteiger partial charge is 0.433 e. The fourth-order valence-corrected chi connectivity index (χ4v) is 1.67. The monoisotopic (exact) mass is 259 g/mol. The molecule has 4 nitrogen and oxygen atoms in total. The van der Waals surface area contributed by atoms with Crippen molar-refractivity contribution in [3.8, 4) is 0 Å². The topological polar surface area (TPSA) is 59.4 Å². The molecule has 0 saturated carbocycles. The van der Waals surface area contributed by atoms with Gasteiger partial charge in [-0.25, -0.2) is 9.78 Å². The van der Waals surface area contributed by atoms with Gasteiger partial charge in [-0.2, -0.15) is 13.2 Å². The van der Waals surface area contributed by atoms with Gasteiger partial charge >= 0.3 is 12.1 Å². The van der Waals surface area contributed by atoms with E-state index in [4.69, 9.17) is 9.84 Å². The Labute approximate surface area is 99.7 Å². The van der Waals surface area contributed by atoms with Gasteiger partial charge in [-0.15, -0.1) is 0 Å². The van der Waals surface area contributed by atoms with E-state index in [2.05, 4.69) is 4.98 Å². The minimum Gasteiger partial charge on any atom is -0.478 e. The number of fused-ring (bicyclic) bond motifs is 1. The molecule has 0 aromatic carbocycles. The molecule has 0 saturated heterocycles. The van der Waals surface area contributed by atoms with Crippen LogP contribution < -0.4 is 0 Å². The summed E-state index contributed by atoms with van der Waals surface area (Å²) in [5.74, 6) is -1.18. The summed E-state index contributed by atoms with van der Waals surface area (Å²) in [5, 5.41) is 8.64. The zero-order valence-corrected chi connectivity index (χ0v) is 8.99. The number of aromatic nitrogens is 1. The lowest BCUT2D eigenvalue weighted by molar-refractivity contribution is -0.141. The van der Waals surface area contributed by atoms with Crippen LogP contribution in [0.1, 0.15) is 17.0 Å². The average molecular weight is 259 g/mol. The number of rotatable bonds is 1. The lowest BCUT2D eigenvalue weighted by atomic mass is 10.0. The molecule has 1 N–H and O–H groups in total. The van der Waals surface area contributed by atoms with Gasteiger partial charge in [0.2, 0.25) is 0 Å². The van der Waals surface area contributed by atoms with Gasteiger partial charge in [-0.3, -0.25) is 0 Å². The van der Waals surface area contributed by atoms with Crippen LogP contribution in [0.4, 0.5) is 13.2 Å². The molecule has 7 heteroatoms. The van der Waals surface area contributed by atoms with Crippen LogP contribution in [0, 0.1) is 0 Å². The van der Waals surface area contributed by atoms with Crippen LogP contribution in [-0.2, 0) is 22.3 Å². The molecular formula is C11H8F3NO3. The summed E-state index contributed by atoms with van der Waals surface area (Å²) < 4.78 is 42.4. The maximum absolute atomic E-state index is 12.5. The van der Waals surface area contributed by atoms with E-state index in [0.717, 1.165) is 12.1 Å². The number of nitrogens with zero attached hydrogens (tertiary/aromatic N) is 1. The normalized spacial score (nSPS) is 17.6. The van der Waals surface area contributed by atoms with Crippen molar-refractivity contribution in [2.24, 2.45) is 0 Å². The van der Waals surface area contributed by atoms with Crippen LogP contribution >= 0.6 is 0 Å². The number of alkyl halides is 3. The van der Waals surface area contributed by atoms with Crippen molar-refractivity contribution in [2.75, 3.05) is 6.61 Å². The first-order chi connectivity index (χ1) is 8.38. The first-order valence-electron chi connectivity index (χ1n) is 4.96. The van der Waals surface area contributed by atoms with Crippen LogP contribution in [0.3, 0.4) is 0 Å². The van der Waals surface area contributed by atoms with E-state index in [-0.39, 0.29) is 18.9 Å². The molecule has 0 aliphatic carbocycles. The molecule has 0 unspecified atom stereocenters. The number of halogens is 3. The van der Waals surface area contributed by atoms with Crippen molar-refractivity contribution in [3.63, 3.8) is 0 Å². The van der Waals surface area contributed by atoms with E-state index in [9.17, 15) is 18.0 Å². The van der Waals surface area contributed by atoms with Gasteiger partial charge < -0.3 is 9.84 Å². The number of carboxylic acid groups (broad SMARTS) is 1. The molecule has 1 aliphatic rings. The Hall–Kier alpha value is -1.89. The predicted octanol–water partition coefficient (Wildman–Crippen LogP) is 2.10. The first-order valence-corrected chi connectivity index (χ1v) is 4.96. The molecule has 96 valence electrons. The number of carboxylic acids is 1. The second-order valence-electron chi connectivity index (χ2n) is 3.69. The SMILES string of the molecule is O=C(O)C=C1COCc2nc(C(F)(F)F)ccc21. The van der Waals surface area contributed by atoms with E-state index < -0.39 is 17.8 Å². The number of hydrogen-bond donors (Lipinski definition) is 1. The largest absolute Gasteiger partial charge is 0.478 e. The minimum absolute atomic E-state index is 0.0480. The van der Waals surface area contributed by atoms with Crippen LogP contribution in [0.25, 0.3) is 5.57 Å². The summed E-state index contributed by atoms with van der Waals surface area (Å²) >= 11 is 0. The van der Waals surface area contributed by atoms with Gasteiger partial charge in [0.15, 0.2) is 0 Å². The highest BCUT2D eigenvalue weighted by Crippen LogP contribution is 2.31. The van der Waals surface area contributed by atoms with E-state index in [0.29, 0.717) is 11.1 Å². The van der Waals surface area contributed by atoms with E-state index in [1.54, 1.807) is 0 Å². The second kappa shape index (κ2) is 4.41. The van der Waals surface area contributed by atoms with Crippen molar-refractivity contribution >= 4 is 11.5 Å². The third-order valence-corrected chi connectivity index (χ3v) is 2.40. The molecule has 0 amide bonds.